The number of aromatic nitrogens is 2. The molecule has 0 spiro atoms. The smallest absolute Gasteiger partial charge is 0.232 e. The van der Waals surface area contributed by atoms with Crippen molar-refractivity contribution in [2.24, 2.45) is 4.99 Å². The van der Waals surface area contributed by atoms with Crippen LogP contribution in [-0.2, 0) is 12.0 Å². The minimum Gasteiger partial charge on any atom is -0.356 e. The maximum Gasteiger partial charge on any atom is 0.232 e. The van der Waals surface area contributed by atoms with E-state index >= 15 is 0 Å². The fourth-order valence-corrected chi connectivity index (χ4v) is 1.40. The van der Waals surface area contributed by atoms with E-state index in [0.717, 1.165) is 25.3 Å². The van der Waals surface area contributed by atoms with E-state index in [-0.39, 0.29) is 5.41 Å². The zero-order chi connectivity index (χ0) is 14.3. The average Bonchev–Trinajstić information content (AvgIpc) is 2.82. The predicted octanol–water partition coefficient (Wildman–Crippen LogP) is 1.83. The molecular weight excluding hydrogens is 242 g/mol. The number of hydrogen-bond acceptors (Lipinski definition) is 4. The van der Waals surface area contributed by atoms with Gasteiger partial charge in [-0.15, -0.1) is 0 Å². The van der Waals surface area contributed by atoms with Gasteiger partial charge in [0.05, 0.1) is 6.54 Å². The van der Waals surface area contributed by atoms with E-state index in [1.165, 1.54) is 0 Å². The molecule has 0 aliphatic heterocycles. The van der Waals surface area contributed by atoms with E-state index in [1.807, 2.05) is 20.8 Å². The van der Waals surface area contributed by atoms with Gasteiger partial charge >= 0.3 is 0 Å². The van der Waals surface area contributed by atoms with Crippen LogP contribution in [-0.4, -0.2) is 29.7 Å². The molecule has 19 heavy (non-hydrogen) atoms. The van der Waals surface area contributed by atoms with Gasteiger partial charge in [0, 0.05) is 19.0 Å². The van der Waals surface area contributed by atoms with Gasteiger partial charge in [-0.25, -0.2) is 0 Å². The van der Waals surface area contributed by atoms with E-state index in [2.05, 4.69) is 32.7 Å². The summed E-state index contributed by atoms with van der Waals surface area (Å²) in [5.41, 5.74) is -0.119. The van der Waals surface area contributed by atoms with Crippen molar-refractivity contribution < 1.29 is 4.52 Å². The second kappa shape index (κ2) is 7.11. The first kappa shape index (κ1) is 15.5. The van der Waals surface area contributed by atoms with Gasteiger partial charge in [0.2, 0.25) is 5.89 Å². The molecule has 0 bridgehead atoms. The van der Waals surface area contributed by atoms with E-state index in [9.17, 15) is 0 Å². The number of aliphatic imine (C=N–C) groups is 1. The Bertz CT molecular complexity index is 405. The lowest BCUT2D eigenvalue weighted by atomic mass is 9.97. The van der Waals surface area contributed by atoms with Crippen molar-refractivity contribution in [1.82, 2.24) is 20.8 Å². The highest BCUT2D eigenvalue weighted by Crippen LogP contribution is 2.19. The van der Waals surface area contributed by atoms with Crippen molar-refractivity contribution in [2.75, 3.05) is 13.6 Å². The number of guanidine groups is 1. The average molecular weight is 267 g/mol. The van der Waals surface area contributed by atoms with Gasteiger partial charge in [-0.05, 0) is 6.42 Å². The Balaban J connectivity index is 2.45. The lowest BCUT2D eigenvalue weighted by Gasteiger charge is -2.11. The van der Waals surface area contributed by atoms with Gasteiger partial charge in [0.25, 0.3) is 0 Å². The second-order valence-electron chi connectivity index (χ2n) is 5.47. The molecule has 1 rings (SSSR count). The largest absolute Gasteiger partial charge is 0.356 e. The summed E-state index contributed by atoms with van der Waals surface area (Å²) in [6.45, 7) is 9.71. The molecule has 0 saturated heterocycles. The molecule has 0 amide bonds. The van der Waals surface area contributed by atoms with Crippen molar-refractivity contribution in [3.63, 3.8) is 0 Å². The summed E-state index contributed by atoms with van der Waals surface area (Å²) in [5.74, 6) is 2.05. The standard InChI is InChI=1S/C13H25N5O/c1-6-7-8-15-12(14-5)16-9-10-17-11(19-18-10)13(2,3)4/h6-9H2,1-5H3,(H2,14,15,16). The molecule has 0 aromatic carbocycles. The Hall–Kier alpha value is -1.59. The lowest BCUT2D eigenvalue weighted by molar-refractivity contribution is 0.318. The van der Waals surface area contributed by atoms with Crippen molar-refractivity contribution in [3.8, 4) is 0 Å². The molecule has 0 atom stereocenters. The molecule has 2 N–H and O–H groups in total. The van der Waals surface area contributed by atoms with Crippen LogP contribution in [0.3, 0.4) is 0 Å². The van der Waals surface area contributed by atoms with Crippen LogP contribution in [0.15, 0.2) is 9.52 Å². The molecule has 0 saturated carbocycles. The van der Waals surface area contributed by atoms with E-state index in [1.54, 1.807) is 7.05 Å². The van der Waals surface area contributed by atoms with Crippen LogP contribution < -0.4 is 10.6 Å². The third-order valence-corrected chi connectivity index (χ3v) is 2.57. The van der Waals surface area contributed by atoms with Crippen molar-refractivity contribution in [1.29, 1.82) is 0 Å². The molecule has 0 aliphatic carbocycles. The van der Waals surface area contributed by atoms with Crippen molar-refractivity contribution in [3.05, 3.63) is 11.7 Å². The third kappa shape index (κ3) is 5.28. The summed E-state index contributed by atoms with van der Waals surface area (Å²) in [5, 5.41) is 10.3. The Morgan fingerprint density at radius 2 is 2.05 bits per heavy atom. The monoisotopic (exact) mass is 267 g/mol. The maximum absolute atomic E-state index is 5.23. The summed E-state index contributed by atoms with van der Waals surface area (Å²) in [4.78, 5) is 8.50. The third-order valence-electron chi connectivity index (χ3n) is 2.57. The normalized spacial score (nSPS) is 12.6. The Labute approximate surface area is 115 Å². The number of nitrogens with one attached hydrogen (secondary N) is 2. The van der Waals surface area contributed by atoms with Crippen LogP contribution in [0.1, 0.15) is 52.3 Å². The summed E-state index contributed by atoms with van der Waals surface area (Å²) >= 11 is 0. The van der Waals surface area contributed by atoms with E-state index < -0.39 is 0 Å². The molecule has 1 aromatic rings. The zero-order valence-corrected chi connectivity index (χ0v) is 12.6. The SMILES string of the molecule is CCCCNC(=NC)NCc1noc(C(C)(C)C)n1. The first-order valence-corrected chi connectivity index (χ1v) is 6.75. The number of hydrogen-bond donors (Lipinski definition) is 2. The van der Waals surface area contributed by atoms with E-state index in [4.69, 9.17) is 4.52 Å². The van der Waals surface area contributed by atoms with Crippen LogP contribution in [0.4, 0.5) is 0 Å². The molecule has 0 fully saturated rings. The minimum absolute atomic E-state index is 0.119. The van der Waals surface area contributed by atoms with Crippen molar-refractivity contribution in [2.45, 2.75) is 52.5 Å². The number of rotatable bonds is 5. The fourth-order valence-electron chi connectivity index (χ4n) is 1.40. The minimum atomic E-state index is -0.119. The van der Waals surface area contributed by atoms with Crippen LogP contribution in [0, 0.1) is 0 Å². The molecule has 6 nitrogen and oxygen atoms in total. The van der Waals surface area contributed by atoms with Gasteiger partial charge < -0.3 is 15.2 Å². The van der Waals surface area contributed by atoms with Crippen LogP contribution in [0.5, 0.6) is 0 Å². The van der Waals surface area contributed by atoms with E-state index in [0.29, 0.717) is 18.3 Å². The van der Waals surface area contributed by atoms with Gasteiger partial charge in [-0.3, -0.25) is 4.99 Å². The molecular formula is C13H25N5O. The second-order valence-corrected chi connectivity index (χ2v) is 5.47. The first-order chi connectivity index (χ1) is 8.97. The summed E-state index contributed by atoms with van der Waals surface area (Å²) < 4.78 is 5.23. The van der Waals surface area contributed by atoms with Gasteiger partial charge in [-0.2, -0.15) is 4.98 Å². The van der Waals surface area contributed by atoms with Crippen LogP contribution >= 0.6 is 0 Å². The quantitative estimate of drug-likeness (QED) is 0.483. The summed E-state index contributed by atoms with van der Waals surface area (Å²) in [7, 11) is 1.75. The number of unbranched alkanes of at least 4 members (excludes halogenated alkanes) is 1. The van der Waals surface area contributed by atoms with Gasteiger partial charge in [0.1, 0.15) is 0 Å². The maximum atomic E-state index is 5.23. The first-order valence-electron chi connectivity index (χ1n) is 6.75. The molecule has 108 valence electrons. The lowest BCUT2D eigenvalue weighted by Crippen LogP contribution is -2.37. The molecule has 0 unspecified atom stereocenters. The van der Waals surface area contributed by atoms with Crippen LogP contribution in [0.25, 0.3) is 0 Å². The summed E-state index contributed by atoms with van der Waals surface area (Å²) in [6.07, 6.45) is 2.28. The van der Waals surface area contributed by atoms with Crippen LogP contribution in [0.2, 0.25) is 0 Å². The summed E-state index contributed by atoms with van der Waals surface area (Å²) in [6, 6.07) is 0. The highest BCUT2D eigenvalue weighted by molar-refractivity contribution is 5.79. The van der Waals surface area contributed by atoms with Gasteiger partial charge in [0.15, 0.2) is 11.8 Å². The molecule has 1 aromatic heterocycles. The van der Waals surface area contributed by atoms with Crippen molar-refractivity contribution >= 4 is 5.96 Å². The fraction of sp³-hybridized carbons (Fsp3) is 0.769. The highest BCUT2D eigenvalue weighted by Gasteiger charge is 2.21. The highest BCUT2D eigenvalue weighted by atomic mass is 16.5. The zero-order valence-electron chi connectivity index (χ0n) is 12.6. The molecule has 6 heteroatoms. The number of nitrogens with zero attached hydrogens (tertiary/aromatic N) is 3. The Kier molecular flexibility index (Phi) is 5.79. The van der Waals surface area contributed by atoms with Gasteiger partial charge in [-0.1, -0.05) is 39.3 Å². The Morgan fingerprint density at radius 3 is 2.58 bits per heavy atom. The topological polar surface area (TPSA) is 75.3 Å². The Morgan fingerprint density at radius 1 is 1.32 bits per heavy atom. The molecule has 0 radical (unpaired) electrons. The molecule has 0 aliphatic rings. The predicted molar refractivity (Wildman–Crippen MR) is 76.1 cm³/mol. The molecule has 1 heterocycles.